The fourth-order valence-corrected chi connectivity index (χ4v) is 2.57. The fourth-order valence-electron chi connectivity index (χ4n) is 1.86. The molecule has 1 amide bonds. The molecule has 1 saturated heterocycles. The van der Waals surface area contributed by atoms with Gasteiger partial charge in [-0.15, -0.1) is 0 Å². The van der Waals surface area contributed by atoms with Gasteiger partial charge in [0.05, 0.1) is 18.8 Å². The minimum atomic E-state index is -0.575. The van der Waals surface area contributed by atoms with Crippen molar-refractivity contribution in [2.24, 2.45) is 0 Å². The summed E-state index contributed by atoms with van der Waals surface area (Å²) in [6, 6.07) is 1.88. The molecule has 2 rings (SSSR count). The molecule has 0 saturated carbocycles. The van der Waals surface area contributed by atoms with E-state index in [2.05, 4.69) is 10.7 Å². The molecule has 0 radical (unpaired) electrons. The zero-order chi connectivity index (χ0) is 12.1. The second-order valence-electron chi connectivity index (χ2n) is 4.24. The molecule has 4 nitrogen and oxygen atoms in total. The van der Waals surface area contributed by atoms with Gasteiger partial charge in [0.25, 0.3) is 0 Å². The van der Waals surface area contributed by atoms with E-state index in [1.807, 2.05) is 11.4 Å². The molecule has 94 valence electrons. The molecular weight excluding hydrogens is 238 g/mol. The Morgan fingerprint density at radius 2 is 2.53 bits per heavy atom. The summed E-state index contributed by atoms with van der Waals surface area (Å²) >= 11 is 1.64. The van der Waals surface area contributed by atoms with Crippen LogP contribution in [-0.4, -0.2) is 36.4 Å². The lowest BCUT2D eigenvalue weighted by Gasteiger charge is -2.28. The first-order valence-electron chi connectivity index (χ1n) is 5.82. The third-order valence-electron chi connectivity index (χ3n) is 2.89. The first-order chi connectivity index (χ1) is 8.25. The average molecular weight is 255 g/mol. The summed E-state index contributed by atoms with van der Waals surface area (Å²) in [7, 11) is 0. The standard InChI is InChI=1S/C12H17NO3S/c14-11-7-16-5-3-10(11)13-12(15)2-1-9-4-6-17-8-9/h4,6,8,10-11,14H,1-3,5,7H2,(H,13,15)/t10-,11-/m0/s1. The highest BCUT2D eigenvalue weighted by Crippen LogP contribution is 2.10. The van der Waals surface area contributed by atoms with E-state index in [9.17, 15) is 9.90 Å². The van der Waals surface area contributed by atoms with Crippen molar-refractivity contribution in [1.82, 2.24) is 5.32 Å². The summed E-state index contributed by atoms with van der Waals surface area (Å²) in [6.45, 7) is 0.919. The normalized spacial score (nSPS) is 24.5. The van der Waals surface area contributed by atoms with Gasteiger partial charge in [-0.05, 0) is 35.2 Å². The van der Waals surface area contributed by atoms with Crippen LogP contribution in [0.15, 0.2) is 16.8 Å². The number of hydrogen-bond donors (Lipinski definition) is 2. The van der Waals surface area contributed by atoms with Gasteiger partial charge in [-0.1, -0.05) is 0 Å². The molecule has 0 spiro atoms. The van der Waals surface area contributed by atoms with Gasteiger partial charge < -0.3 is 15.2 Å². The molecule has 0 aliphatic carbocycles. The van der Waals surface area contributed by atoms with Crippen LogP contribution in [0.2, 0.25) is 0 Å². The predicted molar refractivity (Wildman–Crippen MR) is 66.0 cm³/mol. The van der Waals surface area contributed by atoms with Crippen LogP contribution < -0.4 is 5.32 Å². The van der Waals surface area contributed by atoms with Crippen molar-refractivity contribution in [1.29, 1.82) is 0 Å². The van der Waals surface area contributed by atoms with E-state index in [4.69, 9.17) is 4.74 Å². The highest BCUT2D eigenvalue weighted by atomic mass is 32.1. The second-order valence-corrected chi connectivity index (χ2v) is 5.02. The molecule has 2 heterocycles. The summed E-state index contributed by atoms with van der Waals surface area (Å²) in [6.07, 6.45) is 1.34. The summed E-state index contributed by atoms with van der Waals surface area (Å²) in [5, 5.41) is 16.6. The number of carbonyl (C=O) groups excluding carboxylic acids is 1. The van der Waals surface area contributed by atoms with Crippen molar-refractivity contribution in [3.8, 4) is 0 Å². The Labute approximate surface area is 105 Å². The van der Waals surface area contributed by atoms with Crippen LogP contribution >= 0.6 is 11.3 Å². The minimum Gasteiger partial charge on any atom is -0.389 e. The molecule has 1 aliphatic heterocycles. The van der Waals surface area contributed by atoms with Crippen LogP contribution in [0.5, 0.6) is 0 Å². The van der Waals surface area contributed by atoms with E-state index in [-0.39, 0.29) is 11.9 Å². The molecular formula is C12H17NO3S. The second kappa shape index (κ2) is 6.14. The zero-order valence-corrected chi connectivity index (χ0v) is 10.4. The van der Waals surface area contributed by atoms with Gasteiger partial charge in [-0.3, -0.25) is 4.79 Å². The molecule has 1 aliphatic rings. The molecule has 0 unspecified atom stereocenters. The molecule has 5 heteroatoms. The maximum atomic E-state index is 11.7. The van der Waals surface area contributed by atoms with E-state index in [0.29, 0.717) is 26.1 Å². The first-order valence-corrected chi connectivity index (χ1v) is 6.76. The Balaban J connectivity index is 1.73. The van der Waals surface area contributed by atoms with Crippen LogP contribution in [0.1, 0.15) is 18.4 Å². The molecule has 2 N–H and O–H groups in total. The molecule has 17 heavy (non-hydrogen) atoms. The summed E-state index contributed by atoms with van der Waals surface area (Å²) in [4.78, 5) is 11.7. The fraction of sp³-hybridized carbons (Fsp3) is 0.583. The third-order valence-corrected chi connectivity index (χ3v) is 3.63. The SMILES string of the molecule is O=C(CCc1ccsc1)N[C@H]1CCOC[C@@H]1O. The molecule has 2 atom stereocenters. The minimum absolute atomic E-state index is 0.00199. The van der Waals surface area contributed by atoms with Gasteiger partial charge in [-0.2, -0.15) is 11.3 Å². The number of aliphatic hydroxyl groups excluding tert-OH is 1. The maximum absolute atomic E-state index is 11.7. The molecule has 1 aromatic heterocycles. The van der Waals surface area contributed by atoms with Gasteiger partial charge >= 0.3 is 0 Å². The number of rotatable bonds is 4. The lowest BCUT2D eigenvalue weighted by molar-refractivity contribution is -0.124. The molecule has 1 aromatic rings. The molecule has 1 fully saturated rings. The number of carbonyl (C=O) groups is 1. The monoisotopic (exact) mass is 255 g/mol. The summed E-state index contributed by atoms with van der Waals surface area (Å²) < 4.78 is 5.11. The van der Waals surface area contributed by atoms with Gasteiger partial charge in [0.2, 0.25) is 5.91 Å². The highest BCUT2D eigenvalue weighted by molar-refractivity contribution is 7.07. The van der Waals surface area contributed by atoms with E-state index in [0.717, 1.165) is 6.42 Å². The van der Waals surface area contributed by atoms with E-state index in [1.165, 1.54) is 5.56 Å². The smallest absolute Gasteiger partial charge is 0.220 e. The summed E-state index contributed by atoms with van der Waals surface area (Å²) in [5.74, 6) is 0.00199. The summed E-state index contributed by atoms with van der Waals surface area (Å²) in [5.41, 5.74) is 1.19. The molecule has 0 bridgehead atoms. The number of hydrogen-bond acceptors (Lipinski definition) is 4. The number of aryl methyl sites for hydroxylation is 1. The number of ether oxygens (including phenoxy) is 1. The van der Waals surface area contributed by atoms with Crippen LogP contribution in [0, 0.1) is 0 Å². The van der Waals surface area contributed by atoms with Gasteiger partial charge in [0.15, 0.2) is 0 Å². The van der Waals surface area contributed by atoms with Crippen LogP contribution in [0.3, 0.4) is 0 Å². The Kier molecular flexibility index (Phi) is 4.53. The number of amides is 1. The van der Waals surface area contributed by atoms with Crippen LogP contribution in [0.4, 0.5) is 0 Å². The zero-order valence-electron chi connectivity index (χ0n) is 9.59. The quantitative estimate of drug-likeness (QED) is 0.842. The average Bonchev–Trinajstić information content (AvgIpc) is 2.82. The number of aliphatic hydroxyl groups is 1. The van der Waals surface area contributed by atoms with E-state index >= 15 is 0 Å². The van der Waals surface area contributed by atoms with Crippen molar-refractivity contribution in [3.63, 3.8) is 0 Å². The third kappa shape index (κ3) is 3.80. The van der Waals surface area contributed by atoms with Crippen molar-refractivity contribution in [2.45, 2.75) is 31.4 Å². The van der Waals surface area contributed by atoms with Gasteiger partial charge in [-0.25, -0.2) is 0 Å². The topological polar surface area (TPSA) is 58.6 Å². The highest BCUT2D eigenvalue weighted by Gasteiger charge is 2.24. The number of thiophene rings is 1. The van der Waals surface area contributed by atoms with Gasteiger partial charge in [0, 0.05) is 13.0 Å². The van der Waals surface area contributed by atoms with Crippen molar-refractivity contribution in [2.75, 3.05) is 13.2 Å². The number of nitrogens with one attached hydrogen (secondary N) is 1. The van der Waals surface area contributed by atoms with E-state index < -0.39 is 6.10 Å². The van der Waals surface area contributed by atoms with Gasteiger partial charge in [0.1, 0.15) is 0 Å². The lowest BCUT2D eigenvalue weighted by atomic mass is 10.1. The van der Waals surface area contributed by atoms with Crippen LogP contribution in [0.25, 0.3) is 0 Å². The van der Waals surface area contributed by atoms with Crippen molar-refractivity contribution >= 4 is 17.2 Å². The Bertz CT molecular complexity index is 353. The predicted octanol–water partition coefficient (Wildman–Crippen LogP) is 0.947. The van der Waals surface area contributed by atoms with Crippen molar-refractivity contribution in [3.05, 3.63) is 22.4 Å². The van der Waals surface area contributed by atoms with E-state index in [1.54, 1.807) is 11.3 Å². The maximum Gasteiger partial charge on any atom is 0.220 e. The first kappa shape index (κ1) is 12.5. The lowest BCUT2D eigenvalue weighted by Crippen LogP contribution is -2.48. The molecule has 0 aromatic carbocycles. The largest absolute Gasteiger partial charge is 0.389 e. The van der Waals surface area contributed by atoms with Crippen LogP contribution in [-0.2, 0) is 16.0 Å². The van der Waals surface area contributed by atoms with Crippen molar-refractivity contribution < 1.29 is 14.6 Å². The Morgan fingerprint density at radius 1 is 1.65 bits per heavy atom. The Hall–Kier alpha value is -0.910. The Morgan fingerprint density at radius 3 is 3.24 bits per heavy atom.